The number of methoxy groups -OCH3 is 1. The van der Waals surface area contributed by atoms with E-state index in [0.717, 1.165) is 59.6 Å². The number of amides is 1. The summed E-state index contributed by atoms with van der Waals surface area (Å²) in [5, 5.41) is 3.75. The number of halogens is 1. The molecule has 2 aromatic heterocycles. The fraction of sp³-hybridized carbons (Fsp3) is 0.194. The SMILES string of the molecule is COc1ccc(-c2cn3c(C(=O)Nc4ccc(Cl)cc4)c(-c4ccc(C)cc4)c4c3n2CCCC4)cc1. The third-order valence-corrected chi connectivity index (χ3v) is 7.43. The Bertz CT molecular complexity index is 1590. The number of aryl methyl sites for hydroxylation is 3. The van der Waals surface area contributed by atoms with Crippen molar-refractivity contribution in [3.63, 3.8) is 0 Å². The van der Waals surface area contributed by atoms with Gasteiger partial charge in [-0.2, -0.15) is 0 Å². The Morgan fingerprint density at radius 3 is 2.32 bits per heavy atom. The number of rotatable bonds is 5. The number of benzene rings is 3. The predicted octanol–water partition coefficient (Wildman–Crippen LogP) is 7.63. The summed E-state index contributed by atoms with van der Waals surface area (Å²) in [5.41, 5.74) is 9.14. The highest BCUT2D eigenvalue weighted by Gasteiger charge is 2.29. The van der Waals surface area contributed by atoms with Crippen LogP contribution in [-0.2, 0) is 13.0 Å². The highest BCUT2D eigenvalue weighted by atomic mass is 35.5. The van der Waals surface area contributed by atoms with Gasteiger partial charge in [-0.05, 0) is 85.8 Å². The fourth-order valence-electron chi connectivity index (χ4n) is 5.36. The molecule has 3 heterocycles. The van der Waals surface area contributed by atoms with Crippen molar-refractivity contribution < 1.29 is 9.53 Å². The number of hydrogen-bond acceptors (Lipinski definition) is 2. The summed E-state index contributed by atoms with van der Waals surface area (Å²) in [6.07, 6.45) is 5.19. The van der Waals surface area contributed by atoms with Crippen molar-refractivity contribution in [1.82, 2.24) is 8.97 Å². The van der Waals surface area contributed by atoms with Crippen molar-refractivity contribution in [2.24, 2.45) is 0 Å². The molecule has 3 aromatic carbocycles. The van der Waals surface area contributed by atoms with Crippen LogP contribution < -0.4 is 10.1 Å². The van der Waals surface area contributed by atoms with E-state index in [1.807, 2.05) is 24.3 Å². The number of hydrogen-bond donors (Lipinski definition) is 1. The highest BCUT2D eigenvalue weighted by Crippen LogP contribution is 2.40. The zero-order valence-electron chi connectivity index (χ0n) is 20.9. The van der Waals surface area contributed by atoms with E-state index in [9.17, 15) is 4.79 Å². The topological polar surface area (TPSA) is 47.7 Å². The number of anilines is 1. The summed E-state index contributed by atoms with van der Waals surface area (Å²) in [4.78, 5) is 14.0. The molecular formula is C31H28ClN3O2. The summed E-state index contributed by atoms with van der Waals surface area (Å²) in [7, 11) is 1.68. The smallest absolute Gasteiger partial charge is 0.273 e. The van der Waals surface area contributed by atoms with Crippen LogP contribution in [0.3, 0.4) is 0 Å². The van der Waals surface area contributed by atoms with Gasteiger partial charge in [-0.15, -0.1) is 0 Å². The lowest BCUT2D eigenvalue weighted by atomic mass is 9.97. The molecule has 186 valence electrons. The minimum atomic E-state index is -0.141. The lowest BCUT2D eigenvalue weighted by molar-refractivity contribution is 0.102. The lowest BCUT2D eigenvalue weighted by Crippen LogP contribution is -2.15. The molecular weight excluding hydrogens is 482 g/mol. The molecule has 0 bridgehead atoms. The van der Waals surface area contributed by atoms with Gasteiger partial charge >= 0.3 is 0 Å². The zero-order chi connectivity index (χ0) is 25.5. The molecule has 0 atom stereocenters. The van der Waals surface area contributed by atoms with Gasteiger partial charge in [0.1, 0.15) is 17.1 Å². The molecule has 0 fully saturated rings. The Morgan fingerprint density at radius 2 is 1.62 bits per heavy atom. The third kappa shape index (κ3) is 4.19. The number of ether oxygens (including phenoxy) is 1. The molecule has 5 nitrogen and oxygen atoms in total. The van der Waals surface area contributed by atoms with Gasteiger partial charge in [-0.25, -0.2) is 0 Å². The second kappa shape index (κ2) is 9.49. The van der Waals surface area contributed by atoms with Crippen LogP contribution in [0.25, 0.3) is 28.0 Å². The van der Waals surface area contributed by atoms with Gasteiger partial charge < -0.3 is 14.6 Å². The predicted molar refractivity (Wildman–Crippen MR) is 150 cm³/mol. The molecule has 6 heteroatoms. The maximum atomic E-state index is 14.0. The molecule has 0 saturated carbocycles. The minimum Gasteiger partial charge on any atom is -0.497 e. The summed E-state index contributed by atoms with van der Waals surface area (Å²) in [6, 6.07) is 23.8. The van der Waals surface area contributed by atoms with Gasteiger partial charge in [-0.3, -0.25) is 9.20 Å². The van der Waals surface area contributed by atoms with E-state index in [0.29, 0.717) is 16.4 Å². The Hall–Kier alpha value is -3.96. The Balaban J connectivity index is 1.58. The first-order valence-electron chi connectivity index (χ1n) is 12.6. The fourth-order valence-corrected chi connectivity index (χ4v) is 5.48. The van der Waals surface area contributed by atoms with E-state index < -0.39 is 0 Å². The van der Waals surface area contributed by atoms with Crippen LogP contribution in [0.2, 0.25) is 5.02 Å². The summed E-state index contributed by atoms with van der Waals surface area (Å²) < 4.78 is 9.84. The molecule has 0 radical (unpaired) electrons. The van der Waals surface area contributed by atoms with E-state index in [1.165, 1.54) is 11.1 Å². The molecule has 0 aliphatic carbocycles. The molecule has 0 spiro atoms. The normalized spacial score (nSPS) is 12.9. The van der Waals surface area contributed by atoms with Gasteiger partial charge in [0.15, 0.2) is 0 Å². The van der Waals surface area contributed by atoms with Crippen LogP contribution >= 0.6 is 11.6 Å². The quantitative estimate of drug-likeness (QED) is 0.264. The number of carbonyl (C=O) groups is 1. The van der Waals surface area contributed by atoms with Crippen LogP contribution in [0, 0.1) is 6.92 Å². The van der Waals surface area contributed by atoms with Crippen molar-refractivity contribution in [3.8, 4) is 28.1 Å². The number of nitrogens with one attached hydrogen (secondary N) is 1. The number of aromatic nitrogens is 2. The van der Waals surface area contributed by atoms with Crippen molar-refractivity contribution >= 4 is 28.8 Å². The van der Waals surface area contributed by atoms with E-state index in [1.54, 1.807) is 19.2 Å². The molecule has 0 saturated heterocycles. The number of carbonyl (C=O) groups excluding carboxylic acids is 1. The Kier molecular flexibility index (Phi) is 6.01. The maximum absolute atomic E-state index is 14.0. The Morgan fingerprint density at radius 1 is 0.919 bits per heavy atom. The van der Waals surface area contributed by atoms with E-state index in [4.69, 9.17) is 16.3 Å². The molecule has 1 amide bonds. The van der Waals surface area contributed by atoms with E-state index >= 15 is 0 Å². The summed E-state index contributed by atoms with van der Waals surface area (Å²) in [5.74, 6) is 0.682. The first-order chi connectivity index (χ1) is 18.0. The molecule has 1 N–H and O–H groups in total. The van der Waals surface area contributed by atoms with E-state index in [-0.39, 0.29) is 5.91 Å². The number of nitrogens with zero attached hydrogens (tertiary/aromatic N) is 2. The van der Waals surface area contributed by atoms with E-state index in [2.05, 4.69) is 63.8 Å². The first kappa shape index (κ1) is 23.4. The molecule has 1 aliphatic rings. The minimum absolute atomic E-state index is 0.141. The van der Waals surface area contributed by atoms with Crippen LogP contribution in [0.4, 0.5) is 5.69 Å². The van der Waals surface area contributed by atoms with Crippen molar-refractivity contribution in [1.29, 1.82) is 0 Å². The van der Waals surface area contributed by atoms with Gasteiger partial charge in [-0.1, -0.05) is 41.4 Å². The molecule has 5 aromatic rings. The van der Waals surface area contributed by atoms with Gasteiger partial charge in [0, 0.05) is 34.6 Å². The average Bonchev–Trinajstić information content (AvgIpc) is 3.33. The van der Waals surface area contributed by atoms with Crippen LogP contribution in [0.1, 0.15) is 34.5 Å². The van der Waals surface area contributed by atoms with Crippen molar-refractivity contribution in [2.75, 3.05) is 12.4 Å². The second-order valence-corrected chi connectivity index (χ2v) is 10.0. The second-order valence-electron chi connectivity index (χ2n) is 9.57. The largest absolute Gasteiger partial charge is 0.497 e. The van der Waals surface area contributed by atoms with Crippen LogP contribution in [0.5, 0.6) is 5.75 Å². The summed E-state index contributed by atoms with van der Waals surface area (Å²) in [6.45, 7) is 2.98. The lowest BCUT2D eigenvalue weighted by Gasteiger charge is -2.11. The first-order valence-corrected chi connectivity index (χ1v) is 13.0. The van der Waals surface area contributed by atoms with Gasteiger partial charge in [0.05, 0.1) is 12.8 Å². The zero-order valence-corrected chi connectivity index (χ0v) is 21.7. The Labute approximate surface area is 221 Å². The number of imidazole rings is 1. The van der Waals surface area contributed by atoms with Crippen LogP contribution in [0.15, 0.2) is 79.0 Å². The molecule has 0 unspecified atom stereocenters. The van der Waals surface area contributed by atoms with Crippen LogP contribution in [-0.4, -0.2) is 22.0 Å². The third-order valence-electron chi connectivity index (χ3n) is 7.18. The van der Waals surface area contributed by atoms with Gasteiger partial charge in [0.2, 0.25) is 0 Å². The average molecular weight is 510 g/mol. The monoisotopic (exact) mass is 509 g/mol. The maximum Gasteiger partial charge on any atom is 0.273 e. The molecule has 6 rings (SSSR count). The van der Waals surface area contributed by atoms with Gasteiger partial charge in [0.25, 0.3) is 5.91 Å². The standard InChI is InChI=1S/C31H28ClN3O2/c1-20-6-8-22(9-7-20)28-26-5-3-4-18-34-27(21-10-16-25(37-2)17-11-21)19-35(31(26)34)29(28)30(36)33-24-14-12-23(32)13-15-24/h6-17,19H,3-5,18H2,1-2H3,(H,33,36). The van der Waals surface area contributed by atoms with Crippen molar-refractivity contribution in [2.45, 2.75) is 32.7 Å². The summed E-state index contributed by atoms with van der Waals surface area (Å²) >= 11 is 6.08. The molecule has 37 heavy (non-hydrogen) atoms. The van der Waals surface area contributed by atoms with Crippen molar-refractivity contribution in [3.05, 3.63) is 101 Å². The highest BCUT2D eigenvalue weighted by molar-refractivity contribution is 6.30. The molecule has 1 aliphatic heterocycles.